The molecule has 2 fully saturated rings. The van der Waals surface area contributed by atoms with E-state index in [1.54, 1.807) is 48.4 Å². The predicted octanol–water partition coefficient (Wildman–Crippen LogP) is 1.95. The van der Waals surface area contributed by atoms with Crippen LogP contribution in [0.3, 0.4) is 0 Å². The lowest BCUT2D eigenvalue weighted by atomic mass is 10.1. The van der Waals surface area contributed by atoms with Gasteiger partial charge in [0, 0.05) is 19.3 Å². The molecule has 3 aromatic rings. The van der Waals surface area contributed by atoms with Crippen LogP contribution in [-0.4, -0.2) is 62.1 Å². The number of aromatic nitrogens is 2. The van der Waals surface area contributed by atoms with Gasteiger partial charge >= 0.3 is 5.97 Å². The number of furan rings is 1. The monoisotopic (exact) mass is 553 g/mol. The maximum Gasteiger partial charge on any atom is 0.308 e. The number of carbonyl (C=O) groups excluding carboxylic acids is 3. The molecule has 11 nitrogen and oxygen atoms in total. The fourth-order valence-corrected chi connectivity index (χ4v) is 5.55. The number of anilines is 1. The number of amides is 2. The SMILES string of the molecule is CCOC(=O)C[C@@H]1C(=O)NCCN1c1nc2ccccn2c(=O)c1/C=C1/SC(=S)N(Cc2ccco2)C1=O. The highest BCUT2D eigenvalue weighted by Crippen LogP contribution is 2.35. The molecule has 2 amide bonds. The molecule has 2 aliphatic rings. The first-order chi connectivity index (χ1) is 18.4. The number of nitrogens with one attached hydrogen (secondary N) is 1. The van der Waals surface area contributed by atoms with Gasteiger partial charge in [-0.2, -0.15) is 0 Å². The second kappa shape index (κ2) is 10.8. The van der Waals surface area contributed by atoms with Gasteiger partial charge in [-0.3, -0.25) is 28.5 Å². The summed E-state index contributed by atoms with van der Waals surface area (Å²) in [6.45, 7) is 2.60. The number of rotatable bonds is 7. The second-order valence-electron chi connectivity index (χ2n) is 8.44. The molecule has 2 saturated heterocycles. The largest absolute Gasteiger partial charge is 0.467 e. The number of hydrogen-bond acceptors (Lipinski definition) is 10. The summed E-state index contributed by atoms with van der Waals surface area (Å²) in [5, 5.41) is 2.76. The lowest BCUT2D eigenvalue weighted by Crippen LogP contribution is -2.57. The van der Waals surface area contributed by atoms with Gasteiger partial charge in [0.2, 0.25) is 5.91 Å². The van der Waals surface area contributed by atoms with Gasteiger partial charge in [0.1, 0.15) is 27.6 Å². The molecule has 0 aliphatic carbocycles. The van der Waals surface area contributed by atoms with E-state index in [1.807, 2.05) is 0 Å². The summed E-state index contributed by atoms with van der Waals surface area (Å²) in [5.74, 6) is -0.537. The summed E-state index contributed by atoms with van der Waals surface area (Å²) in [7, 11) is 0. The van der Waals surface area contributed by atoms with Crippen molar-refractivity contribution in [3.8, 4) is 0 Å². The minimum Gasteiger partial charge on any atom is -0.467 e. The van der Waals surface area contributed by atoms with Gasteiger partial charge in [-0.15, -0.1) is 0 Å². The van der Waals surface area contributed by atoms with Crippen molar-refractivity contribution in [1.29, 1.82) is 0 Å². The molecule has 38 heavy (non-hydrogen) atoms. The molecule has 13 heteroatoms. The number of pyridine rings is 1. The van der Waals surface area contributed by atoms with E-state index in [4.69, 9.17) is 26.4 Å². The highest BCUT2D eigenvalue weighted by Gasteiger charge is 2.37. The zero-order valence-corrected chi connectivity index (χ0v) is 21.9. The Morgan fingerprint density at radius 2 is 2.13 bits per heavy atom. The summed E-state index contributed by atoms with van der Waals surface area (Å²) >= 11 is 6.50. The average Bonchev–Trinajstić information content (AvgIpc) is 3.51. The number of ether oxygens (including phenoxy) is 1. The topological polar surface area (TPSA) is 126 Å². The predicted molar refractivity (Wildman–Crippen MR) is 144 cm³/mol. The van der Waals surface area contributed by atoms with E-state index in [0.717, 1.165) is 11.8 Å². The fraction of sp³-hybridized carbons (Fsp3) is 0.280. The molecule has 0 unspecified atom stereocenters. The van der Waals surface area contributed by atoms with E-state index in [-0.39, 0.29) is 47.7 Å². The molecule has 1 N–H and O–H groups in total. The van der Waals surface area contributed by atoms with Crippen LogP contribution in [0, 0.1) is 0 Å². The third-order valence-electron chi connectivity index (χ3n) is 6.06. The smallest absolute Gasteiger partial charge is 0.308 e. The second-order valence-corrected chi connectivity index (χ2v) is 10.1. The molecule has 0 saturated carbocycles. The maximum atomic E-state index is 13.7. The van der Waals surface area contributed by atoms with E-state index < -0.39 is 17.6 Å². The van der Waals surface area contributed by atoms with Crippen LogP contribution >= 0.6 is 24.0 Å². The van der Waals surface area contributed by atoms with Gasteiger partial charge in [-0.25, -0.2) is 4.98 Å². The number of fused-ring (bicyclic) bond motifs is 1. The minimum absolute atomic E-state index is 0.107. The Morgan fingerprint density at radius 3 is 2.89 bits per heavy atom. The summed E-state index contributed by atoms with van der Waals surface area (Å²) in [6.07, 6.45) is 4.32. The van der Waals surface area contributed by atoms with Crippen LogP contribution in [0.2, 0.25) is 0 Å². The zero-order chi connectivity index (χ0) is 26.8. The molecule has 5 rings (SSSR count). The van der Waals surface area contributed by atoms with E-state index in [2.05, 4.69) is 5.32 Å². The third-order valence-corrected chi connectivity index (χ3v) is 7.44. The van der Waals surface area contributed by atoms with Crippen molar-refractivity contribution in [3.63, 3.8) is 0 Å². The van der Waals surface area contributed by atoms with Crippen molar-refractivity contribution in [2.45, 2.75) is 25.9 Å². The van der Waals surface area contributed by atoms with Gasteiger partial charge < -0.3 is 19.4 Å². The molecular formula is C25H23N5O6S2. The molecule has 2 aliphatic heterocycles. The Bertz CT molecular complexity index is 1520. The van der Waals surface area contributed by atoms with Gasteiger partial charge in [-0.05, 0) is 37.3 Å². The zero-order valence-electron chi connectivity index (χ0n) is 20.3. The number of hydrogen-bond donors (Lipinski definition) is 1. The Labute approximate surface area is 226 Å². The summed E-state index contributed by atoms with van der Waals surface area (Å²) in [4.78, 5) is 60.1. The Morgan fingerprint density at radius 1 is 1.29 bits per heavy atom. The lowest BCUT2D eigenvalue weighted by Gasteiger charge is -2.36. The third kappa shape index (κ3) is 4.94. The fourth-order valence-electron chi connectivity index (χ4n) is 4.31. The van der Waals surface area contributed by atoms with Crippen molar-refractivity contribution in [1.82, 2.24) is 19.6 Å². The molecule has 0 bridgehead atoms. The highest BCUT2D eigenvalue weighted by atomic mass is 32.2. The van der Waals surface area contributed by atoms with Crippen molar-refractivity contribution in [2.24, 2.45) is 0 Å². The van der Waals surface area contributed by atoms with Crippen molar-refractivity contribution in [3.05, 3.63) is 69.4 Å². The van der Waals surface area contributed by atoms with Crippen LogP contribution in [-0.2, 0) is 25.7 Å². The average molecular weight is 554 g/mol. The van der Waals surface area contributed by atoms with Crippen LogP contribution < -0.4 is 15.8 Å². The van der Waals surface area contributed by atoms with Crippen molar-refractivity contribution < 1.29 is 23.5 Å². The van der Waals surface area contributed by atoms with Gasteiger partial charge in [0.15, 0.2) is 0 Å². The maximum absolute atomic E-state index is 13.7. The Hall–Kier alpha value is -3.97. The molecule has 3 aromatic heterocycles. The van der Waals surface area contributed by atoms with Crippen LogP contribution in [0.1, 0.15) is 24.7 Å². The number of thiocarbonyl (C=S) groups is 1. The number of piperazine rings is 1. The first-order valence-corrected chi connectivity index (χ1v) is 13.1. The van der Waals surface area contributed by atoms with Gasteiger partial charge in [0.25, 0.3) is 11.5 Å². The van der Waals surface area contributed by atoms with E-state index >= 15 is 0 Å². The van der Waals surface area contributed by atoms with Crippen molar-refractivity contribution >= 4 is 63.6 Å². The Kier molecular flexibility index (Phi) is 7.29. The quantitative estimate of drug-likeness (QED) is 0.264. The molecule has 196 valence electrons. The molecule has 5 heterocycles. The summed E-state index contributed by atoms with van der Waals surface area (Å²) in [5.41, 5.74) is 0.0365. The number of carbonyl (C=O) groups is 3. The minimum atomic E-state index is -0.943. The molecule has 0 radical (unpaired) electrons. The van der Waals surface area contributed by atoms with Crippen LogP contribution in [0.15, 0.2) is 56.9 Å². The molecule has 1 atom stereocenters. The van der Waals surface area contributed by atoms with E-state index in [0.29, 0.717) is 28.8 Å². The van der Waals surface area contributed by atoms with Crippen LogP contribution in [0.4, 0.5) is 5.82 Å². The number of nitrogens with zero attached hydrogens (tertiary/aromatic N) is 4. The normalized spacial score (nSPS) is 18.9. The van der Waals surface area contributed by atoms with E-state index in [9.17, 15) is 19.2 Å². The molecule has 0 aromatic carbocycles. The first kappa shape index (κ1) is 25.7. The highest BCUT2D eigenvalue weighted by molar-refractivity contribution is 8.26. The standard InChI is InChI=1S/C25H23N5O6S2/c1-2-35-20(31)13-17-22(32)26-8-10-28(17)21-16(23(33)29-9-4-3-7-19(29)27-21)12-18-24(34)30(25(37)38-18)14-15-6-5-11-36-15/h3-7,9,11-12,17H,2,8,10,13-14H2,1H3,(H,26,32)/b18-12+/t17-/m1/s1. The molecular weight excluding hydrogens is 530 g/mol. The summed E-state index contributed by atoms with van der Waals surface area (Å²) < 4.78 is 12.1. The van der Waals surface area contributed by atoms with Gasteiger partial charge in [-0.1, -0.05) is 30.0 Å². The number of thioether (sulfide) groups is 1. The first-order valence-electron chi connectivity index (χ1n) is 11.9. The molecule has 0 spiro atoms. The van der Waals surface area contributed by atoms with Gasteiger partial charge in [0.05, 0.1) is 36.3 Å². The van der Waals surface area contributed by atoms with Crippen molar-refractivity contribution in [2.75, 3.05) is 24.6 Å². The number of esters is 1. The van der Waals surface area contributed by atoms with E-state index in [1.165, 1.54) is 21.6 Å². The summed E-state index contributed by atoms with van der Waals surface area (Å²) in [6, 6.07) is 7.62. The lowest BCUT2D eigenvalue weighted by molar-refractivity contribution is -0.145. The Balaban J connectivity index is 1.60. The van der Waals surface area contributed by atoms with Crippen LogP contribution in [0.5, 0.6) is 0 Å². The van der Waals surface area contributed by atoms with Crippen LogP contribution in [0.25, 0.3) is 11.7 Å².